The van der Waals surface area contributed by atoms with Crippen LogP contribution in [-0.4, -0.2) is 40.2 Å². The Hall–Kier alpha value is -1.31. The van der Waals surface area contributed by atoms with Crippen LogP contribution in [0.2, 0.25) is 0 Å². The molecule has 1 N–H and O–H groups in total. The van der Waals surface area contributed by atoms with Crippen LogP contribution < -0.4 is 5.32 Å². The molecular formula is C12H19N5OS. The van der Waals surface area contributed by atoms with E-state index in [0.717, 1.165) is 37.5 Å². The monoisotopic (exact) mass is 281 g/mol. The van der Waals surface area contributed by atoms with Crippen LogP contribution in [0.5, 0.6) is 0 Å². The lowest BCUT2D eigenvalue weighted by Gasteiger charge is -2.03. The van der Waals surface area contributed by atoms with Crippen LogP contribution >= 0.6 is 11.3 Å². The molecule has 0 radical (unpaired) electrons. The zero-order valence-corrected chi connectivity index (χ0v) is 12.1. The predicted molar refractivity (Wildman–Crippen MR) is 74.2 cm³/mol. The Balaban J connectivity index is 1.62. The Morgan fingerprint density at radius 2 is 2.32 bits per heavy atom. The van der Waals surface area contributed by atoms with E-state index in [0.29, 0.717) is 6.61 Å². The van der Waals surface area contributed by atoms with Gasteiger partial charge in [0, 0.05) is 24.0 Å². The third kappa shape index (κ3) is 4.38. The molecule has 7 heteroatoms. The van der Waals surface area contributed by atoms with Gasteiger partial charge in [-0.1, -0.05) is 5.21 Å². The molecule has 19 heavy (non-hydrogen) atoms. The van der Waals surface area contributed by atoms with Crippen molar-refractivity contribution < 1.29 is 4.74 Å². The first-order valence-electron chi connectivity index (χ1n) is 6.30. The second-order valence-electron chi connectivity index (χ2n) is 4.23. The van der Waals surface area contributed by atoms with Crippen LogP contribution in [0.15, 0.2) is 11.7 Å². The summed E-state index contributed by atoms with van der Waals surface area (Å²) in [5, 5.41) is 11.1. The lowest BCUT2D eigenvalue weighted by atomic mass is 10.3. The van der Waals surface area contributed by atoms with E-state index in [4.69, 9.17) is 4.74 Å². The van der Waals surface area contributed by atoms with Gasteiger partial charge < -0.3 is 10.1 Å². The molecule has 2 rings (SSSR count). The summed E-state index contributed by atoms with van der Waals surface area (Å²) in [5.74, 6) is 0. The van der Waals surface area contributed by atoms with E-state index >= 15 is 0 Å². The molecule has 2 aromatic rings. The van der Waals surface area contributed by atoms with Gasteiger partial charge in [-0.25, -0.2) is 9.67 Å². The Morgan fingerprint density at radius 1 is 1.42 bits per heavy atom. The van der Waals surface area contributed by atoms with Crippen LogP contribution in [0, 0.1) is 6.92 Å². The molecule has 0 saturated heterocycles. The summed E-state index contributed by atoms with van der Waals surface area (Å²) in [7, 11) is 1.89. The highest BCUT2D eigenvalue weighted by Gasteiger charge is 2.02. The largest absolute Gasteiger partial charge is 0.379 e. The quantitative estimate of drug-likeness (QED) is 0.732. The molecule has 0 spiro atoms. The van der Waals surface area contributed by atoms with Gasteiger partial charge in [-0.2, -0.15) is 0 Å². The number of rotatable bonds is 8. The molecular weight excluding hydrogens is 262 g/mol. The van der Waals surface area contributed by atoms with E-state index in [1.54, 1.807) is 11.3 Å². The third-order valence-corrected chi connectivity index (χ3v) is 3.72. The van der Waals surface area contributed by atoms with E-state index in [-0.39, 0.29) is 0 Å². The van der Waals surface area contributed by atoms with Gasteiger partial charge in [-0.15, -0.1) is 16.4 Å². The molecule has 0 aliphatic heterocycles. The highest BCUT2D eigenvalue weighted by molar-refractivity contribution is 7.09. The van der Waals surface area contributed by atoms with Crippen molar-refractivity contribution in [3.05, 3.63) is 28.0 Å². The molecule has 0 aliphatic carbocycles. The van der Waals surface area contributed by atoms with Gasteiger partial charge in [0.1, 0.15) is 0 Å². The lowest BCUT2D eigenvalue weighted by Crippen LogP contribution is -2.08. The van der Waals surface area contributed by atoms with Gasteiger partial charge >= 0.3 is 0 Å². The number of hydrogen-bond acceptors (Lipinski definition) is 6. The fraction of sp³-hybridized carbons (Fsp3) is 0.583. The van der Waals surface area contributed by atoms with Crippen molar-refractivity contribution in [3.63, 3.8) is 0 Å². The molecule has 0 bridgehead atoms. The second kappa shape index (κ2) is 7.32. The zero-order chi connectivity index (χ0) is 13.5. The zero-order valence-electron chi connectivity index (χ0n) is 11.3. The van der Waals surface area contributed by atoms with Gasteiger partial charge in [-0.3, -0.25) is 0 Å². The van der Waals surface area contributed by atoms with E-state index in [2.05, 4.69) is 20.6 Å². The summed E-state index contributed by atoms with van der Waals surface area (Å²) in [4.78, 5) is 5.52. The van der Waals surface area contributed by atoms with Crippen molar-refractivity contribution in [2.45, 2.75) is 26.4 Å². The molecule has 104 valence electrons. The van der Waals surface area contributed by atoms with E-state index in [1.807, 2.05) is 30.4 Å². The van der Waals surface area contributed by atoms with Crippen LogP contribution in [0.1, 0.15) is 16.3 Å². The number of hydrogen-bond donors (Lipinski definition) is 1. The minimum atomic E-state index is 0.653. The molecule has 0 aliphatic rings. The first-order chi connectivity index (χ1) is 9.29. The van der Waals surface area contributed by atoms with E-state index < -0.39 is 0 Å². The normalized spacial score (nSPS) is 11.1. The highest BCUT2D eigenvalue weighted by atomic mass is 32.1. The number of nitrogens with one attached hydrogen (secondary N) is 1. The maximum Gasteiger partial charge on any atom is 0.0964 e. The maximum absolute atomic E-state index is 5.61. The maximum atomic E-state index is 5.61. The Labute approximate surface area is 116 Å². The Morgan fingerprint density at radius 3 is 3.05 bits per heavy atom. The highest BCUT2D eigenvalue weighted by Crippen LogP contribution is 2.12. The van der Waals surface area contributed by atoms with E-state index in [9.17, 15) is 0 Å². The molecule has 0 fully saturated rings. The second-order valence-corrected chi connectivity index (χ2v) is 5.17. The topological polar surface area (TPSA) is 64.9 Å². The number of aryl methyl sites for hydroxylation is 1. The molecule has 0 amide bonds. The summed E-state index contributed by atoms with van der Waals surface area (Å²) in [6.45, 7) is 4.88. The lowest BCUT2D eigenvalue weighted by molar-refractivity contribution is 0.126. The first-order valence-corrected chi connectivity index (χ1v) is 7.18. The van der Waals surface area contributed by atoms with Gasteiger partial charge in [0.25, 0.3) is 0 Å². The third-order valence-electron chi connectivity index (χ3n) is 2.73. The number of thiazole rings is 1. The number of ether oxygens (including phenoxy) is 1. The van der Waals surface area contributed by atoms with Crippen LogP contribution in [0.3, 0.4) is 0 Å². The molecule has 2 heterocycles. The summed E-state index contributed by atoms with van der Waals surface area (Å²) in [5.41, 5.74) is 3.94. The summed E-state index contributed by atoms with van der Waals surface area (Å²) < 4.78 is 7.42. The standard InChI is InChI=1S/C12H19N5OS/c1-10-12(19-9-14-10)3-5-18-6-4-17-8-11(7-13-2)15-16-17/h8-9,13H,3-7H2,1-2H3. The fourth-order valence-electron chi connectivity index (χ4n) is 1.70. The fourth-order valence-corrected chi connectivity index (χ4v) is 2.46. The van der Waals surface area contributed by atoms with Gasteiger partial charge in [-0.05, 0) is 14.0 Å². The average Bonchev–Trinajstić information content (AvgIpc) is 3.00. The van der Waals surface area contributed by atoms with Crippen LogP contribution in [0.4, 0.5) is 0 Å². The minimum Gasteiger partial charge on any atom is -0.379 e. The van der Waals surface area contributed by atoms with Gasteiger partial charge in [0.05, 0.1) is 36.7 Å². The molecule has 0 aromatic carbocycles. The average molecular weight is 281 g/mol. The predicted octanol–water partition coefficient (Wildman–Crippen LogP) is 1.02. The Kier molecular flexibility index (Phi) is 5.44. The van der Waals surface area contributed by atoms with Crippen molar-refractivity contribution in [1.82, 2.24) is 25.3 Å². The van der Waals surface area contributed by atoms with Crippen LogP contribution in [-0.2, 0) is 24.2 Å². The van der Waals surface area contributed by atoms with E-state index in [1.165, 1.54) is 4.88 Å². The Bertz CT molecular complexity index is 496. The molecule has 0 atom stereocenters. The van der Waals surface area contributed by atoms with Crippen LogP contribution in [0.25, 0.3) is 0 Å². The SMILES string of the molecule is CNCc1cn(CCOCCc2scnc2C)nn1. The van der Waals surface area contributed by atoms with Gasteiger partial charge in [0.15, 0.2) is 0 Å². The number of nitrogens with zero attached hydrogens (tertiary/aromatic N) is 4. The van der Waals surface area contributed by atoms with Crippen molar-refractivity contribution >= 4 is 11.3 Å². The van der Waals surface area contributed by atoms with Gasteiger partial charge in [0.2, 0.25) is 0 Å². The van der Waals surface area contributed by atoms with Crippen molar-refractivity contribution in [2.24, 2.45) is 0 Å². The van der Waals surface area contributed by atoms with Crippen molar-refractivity contribution in [2.75, 3.05) is 20.3 Å². The van der Waals surface area contributed by atoms with Crippen molar-refractivity contribution in [3.8, 4) is 0 Å². The summed E-state index contributed by atoms with van der Waals surface area (Å²) >= 11 is 1.69. The molecule has 0 unspecified atom stereocenters. The summed E-state index contributed by atoms with van der Waals surface area (Å²) in [6.07, 6.45) is 2.87. The van der Waals surface area contributed by atoms with Crippen molar-refractivity contribution in [1.29, 1.82) is 0 Å². The summed E-state index contributed by atoms with van der Waals surface area (Å²) in [6, 6.07) is 0. The molecule has 6 nitrogen and oxygen atoms in total. The molecule has 0 saturated carbocycles. The molecule has 2 aromatic heterocycles. The minimum absolute atomic E-state index is 0.653. The first kappa shape index (κ1) is 14.1. The smallest absolute Gasteiger partial charge is 0.0964 e. The number of aromatic nitrogens is 4.